The first-order valence-corrected chi connectivity index (χ1v) is 5.07. The number of primary amides is 1. The second kappa shape index (κ2) is 4.09. The Kier molecular flexibility index (Phi) is 3.31. The molecule has 76 valence electrons. The standard InChI is InChI=1S/C10H20N2O/c1-10(12,7-9(11)13)6-8-4-2-3-5-8/h8H,2-7,12H2,1H3,(H2,11,13). The third kappa shape index (κ3) is 3.77. The Balaban J connectivity index is 2.35. The van der Waals surface area contributed by atoms with E-state index in [2.05, 4.69) is 0 Å². The molecule has 3 nitrogen and oxygen atoms in total. The Bertz CT molecular complexity index is 183. The summed E-state index contributed by atoms with van der Waals surface area (Å²) < 4.78 is 0. The summed E-state index contributed by atoms with van der Waals surface area (Å²) in [5, 5.41) is 0. The van der Waals surface area contributed by atoms with Gasteiger partial charge in [-0.1, -0.05) is 25.7 Å². The number of amides is 1. The molecule has 1 unspecified atom stereocenters. The summed E-state index contributed by atoms with van der Waals surface area (Å²) in [7, 11) is 0. The number of carbonyl (C=O) groups is 1. The summed E-state index contributed by atoms with van der Waals surface area (Å²) in [6, 6.07) is 0. The first kappa shape index (κ1) is 10.5. The predicted molar refractivity (Wildman–Crippen MR) is 53.0 cm³/mol. The molecule has 1 rings (SSSR count). The zero-order valence-electron chi connectivity index (χ0n) is 8.38. The van der Waals surface area contributed by atoms with Crippen molar-refractivity contribution in [2.75, 3.05) is 0 Å². The largest absolute Gasteiger partial charge is 0.370 e. The van der Waals surface area contributed by atoms with E-state index >= 15 is 0 Å². The van der Waals surface area contributed by atoms with Gasteiger partial charge in [-0.15, -0.1) is 0 Å². The maximum atomic E-state index is 10.7. The van der Waals surface area contributed by atoms with Crippen molar-refractivity contribution in [1.82, 2.24) is 0 Å². The zero-order valence-corrected chi connectivity index (χ0v) is 8.38. The van der Waals surface area contributed by atoms with Crippen molar-refractivity contribution in [2.45, 2.75) is 51.0 Å². The van der Waals surface area contributed by atoms with Gasteiger partial charge in [0, 0.05) is 12.0 Å². The van der Waals surface area contributed by atoms with Gasteiger partial charge in [0.2, 0.25) is 5.91 Å². The SMILES string of the molecule is CC(N)(CC(N)=O)CC1CCCC1. The van der Waals surface area contributed by atoms with Crippen LogP contribution < -0.4 is 11.5 Å². The van der Waals surface area contributed by atoms with E-state index in [1.165, 1.54) is 25.7 Å². The quantitative estimate of drug-likeness (QED) is 0.688. The van der Waals surface area contributed by atoms with Crippen LogP contribution in [0.25, 0.3) is 0 Å². The van der Waals surface area contributed by atoms with Crippen molar-refractivity contribution < 1.29 is 4.79 Å². The fourth-order valence-corrected chi connectivity index (χ4v) is 2.34. The molecule has 1 amide bonds. The van der Waals surface area contributed by atoms with E-state index in [0.29, 0.717) is 12.3 Å². The molecule has 0 radical (unpaired) electrons. The lowest BCUT2D eigenvalue weighted by molar-refractivity contribution is -0.119. The normalized spacial score (nSPS) is 22.9. The highest BCUT2D eigenvalue weighted by Crippen LogP contribution is 2.31. The molecular weight excluding hydrogens is 164 g/mol. The summed E-state index contributed by atoms with van der Waals surface area (Å²) in [5.41, 5.74) is 10.7. The third-order valence-electron chi connectivity index (χ3n) is 2.81. The van der Waals surface area contributed by atoms with Crippen LogP contribution in [0.15, 0.2) is 0 Å². The molecular formula is C10H20N2O. The average Bonchev–Trinajstić information content (AvgIpc) is 2.34. The Morgan fingerprint density at radius 3 is 2.46 bits per heavy atom. The van der Waals surface area contributed by atoms with Gasteiger partial charge in [-0.05, 0) is 19.3 Å². The smallest absolute Gasteiger partial charge is 0.219 e. The van der Waals surface area contributed by atoms with Crippen LogP contribution in [0.1, 0.15) is 45.4 Å². The number of hydrogen-bond donors (Lipinski definition) is 2. The molecule has 1 atom stereocenters. The fourth-order valence-electron chi connectivity index (χ4n) is 2.34. The van der Waals surface area contributed by atoms with Gasteiger partial charge >= 0.3 is 0 Å². The van der Waals surface area contributed by atoms with Crippen molar-refractivity contribution in [3.05, 3.63) is 0 Å². The van der Waals surface area contributed by atoms with Gasteiger partial charge < -0.3 is 11.5 Å². The van der Waals surface area contributed by atoms with Crippen LogP contribution in [0, 0.1) is 5.92 Å². The van der Waals surface area contributed by atoms with Gasteiger partial charge in [0.1, 0.15) is 0 Å². The van der Waals surface area contributed by atoms with Gasteiger partial charge in [-0.3, -0.25) is 4.79 Å². The molecule has 0 aromatic rings. The minimum absolute atomic E-state index is 0.289. The highest BCUT2D eigenvalue weighted by atomic mass is 16.1. The number of nitrogens with two attached hydrogens (primary N) is 2. The van der Waals surface area contributed by atoms with Gasteiger partial charge in [-0.25, -0.2) is 0 Å². The molecule has 0 heterocycles. The summed E-state index contributed by atoms with van der Waals surface area (Å²) in [4.78, 5) is 10.7. The second-order valence-electron chi connectivity index (χ2n) is 4.65. The van der Waals surface area contributed by atoms with E-state index in [-0.39, 0.29) is 11.4 Å². The van der Waals surface area contributed by atoms with E-state index in [9.17, 15) is 4.79 Å². The van der Waals surface area contributed by atoms with Gasteiger partial charge in [0.15, 0.2) is 0 Å². The highest BCUT2D eigenvalue weighted by Gasteiger charge is 2.27. The molecule has 4 N–H and O–H groups in total. The summed E-state index contributed by atoms with van der Waals surface area (Å²) in [6.45, 7) is 1.93. The third-order valence-corrected chi connectivity index (χ3v) is 2.81. The van der Waals surface area contributed by atoms with Crippen molar-refractivity contribution >= 4 is 5.91 Å². The van der Waals surface area contributed by atoms with Crippen LogP contribution in [0.4, 0.5) is 0 Å². The molecule has 0 aliphatic heterocycles. The van der Waals surface area contributed by atoms with Gasteiger partial charge in [-0.2, -0.15) is 0 Å². The van der Waals surface area contributed by atoms with Crippen LogP contribution in [0.5, 0.6) is 0 Å². The number of hydrogen-bond acceptors (Lipinski definition) is 2. The lowest BCUT2D eigenvalue weighted by Gasteiger charge is -2.26. The Morgan fingerprint density at radius 2 is 2.00 bits per heavy atom. The maximum Gasteiger partial charge on any atom is 0.219 e. The van der Waals surface area contributed by atoms with Crippen LogP contribution in [-0.2, 0) is 4.79 Å². The molecule has 1 fully saturated rings. The second-order valence-corrected chi connectivity index (χ2v) is 4.65. The summed E-state index contributed by atoms with van der Waals surface area (Å²) in [5.74, 6) is 0.428. The molecule has 1 aliphatic rings. The molecule has 13 heavy (non-hydrogen) atoms. The van der Waals surface area contributed by atoms with Crippen molar-refractivity contribution in [3.63, 3.8) is 0 Å². The molecule has 0 saturated heterocycles. The van der Waals surface area contributed by atoms with E-state index in [1.807, 2.05) is 6.92 Å². The molecule has 0 spiro atoms. The average molecular weight is 184 g/mol. The van der Waals surface area contributed by atoms with E-state index in [1.54, 1.807) is 0 Å². The minimum atomic E-state index is -0.388. The fraction of sp³-hybridized carbons (Fsp3) is 0.900. The van der Waals surface area contributed by atoms with E-state index < -0.39 is 0 Å². The molecule has 3 heteroatoms. The van der Waals surface area contributed by atoms with Crippen LogP contribution in [0.2, 0.25) is 0 Å². The van der Waals surface area contributed by atoms with Crippen LogP contribution >= 0.6 is 0 Å². The van der Waals surface area contributed by atoms with Crippen LogP contribution in [-0.4, -0.2) is 11.4 Å². The van der Waals surface area contributed by atoms with Gasteiger partial charge in [0.25, 0.3) is 0 Å². The lowest BCUT2D eigenvalue weighted by atomic mass is 9.86. The Hall–Kier alpha value is -0.570. The first-order valence-electron chi connectivity index (χ1n) is 5.07. The first-order chi connectivity index (χ1) is 5.99. The molecule has 0 aromatic carbocycles. The van der Waals surface area contributed by atoms with E-state index in [4.69, 9.17) is 11.5 Å². The lowest BCUT2D eigenvalue weighted by Crippen LogP contribution is -2.41. The molecule has 0 aromatic heterocycles. The highest BCUT2D eigenvalue weighted by molar-refractivity contribution is 5.75. The Morgan fingerprint density at radius 1 is 1.46 bits per heavy atom. The maximum absolute atomic E-state index is 10.7. The predicted octanol–water partition coefficient (Wildman–Crippen LogP) is 1.16. The molecule has 1 saturated carbocycles. The molecule has 0 bridgehead atoms. The summed E-state index contributed by atoms with van der Waals surface area (Å²) >= 11 is 0. The van der Waals surface area contributed by atoms with Gasteiger partial charge in [0.05, 0.1) is 0 Å². The van der Waals surface area contributed by atoms with Crippen LogP contribution in [0.3, 0.4) is 0 Å². The zero-order chi connectivity index (χ0) is 9.90. The van der Waals surface area contributed by atoms with Crippen molar-refractivity contribution in [1.29, 1.82) is 0 Å². The van der Waals surface area contributed by atoms with Crippen molar-refractivity contribution in [2.24, 2.45) is 17.4 Å². The molecule has 1 aliphatic carbocycles. The van der Waals surface area contributed by atoms with Crippen molar-refractivity contribution in [3.8, 4) is 0 Å². The summed E-state index contributed by atoms with van der Waals surface area (Å²) in [6.07, 6.45) is 6.42. The topological polar surface area (TPSA) is 69.1 Å². The Labute approximate surface area is 79.9 Å². The number of rotatable bonds is 4. The minimum Gasteiger partial charge on any atom is -0.370 e. The monoisotopic (exact) mass is 184 g/mol. The van der Waals surface area contributed by atoms with E-state index in [0.717, 1.165) is 6.42 Å². The number of carbonyl (C=O) groups excluding carboxylic acids is 1.